The van der Waals surface area contributed by atoms with Crippen molar-refractivity contribution in [2.24, 2.45) is 4.99 Å². The van der Waals surface area contributed by atoms with Gasteiger partial charge in [0.15, 0.2) is 0 Å². The Morgan fingerprint density at radius 1 is 1.43 bits per heavy atom. The molecule has 0 bridgehead atoms. The van der Waals surface area contributed by atoms with Crippen molar-refractivity contribution in [2.75, 3.05) is 12.8 Å². The fraction of sp³-hybridized carbons (Fsp3) is 0.500. The molecule has 154 valence electrons. The van der Waals surface area contributed by atoms with Gasteiger partial charge in [-0.3, -0.25) is 10.1 Å². The van der Waals surface area contributed by atoms with Crippen molar-refractivity contribution in [1.82, 2.24) is 9.62 Å². The van der Waals surface area contributed by atoms with E-state index in [4.69, 9.17) is 4.74 Å². The molecule has 1 aliphatic rings. The van der Waals surface area contributed by atoms with Crippen LogP contribution in [0.1, 0.15) is 33.3 Å². The second kappa shape index (κ2) is 7.00. The van der Waals surface area contributed by atoms with Crippen molar-refractivity contribution >= 4 is 27.8 Å². The maximum atomic E-state index is 14.4. The molecule has 1 aromatic carbocycles. The molecule has 1 aromatic rings. The van der Waals surface area contributed by atoms with Gasteiger partial charge < -0.3 is 10.1 Å². The zero-order chi connectivity index (χ0) is 21.5. The molecule has 1 atom stereocenters. The van der Waals surface area contributed by atoms with Crippen molar-refractivity contribution in [1.29, 1.82) is 0 Å². The average Bonchev–Trinajstić information content (AvgIpc) is 2.50. The Bertz CT molecular complexity index is 956. The van der Waals surface area contributed by atoms with Gasteiger partial charge in [-0.1, -0.05) is 0 Å². The topological polar surface area (TPSA) is 131 Å². The molecule has 0 aromatic heterocycles. The van der Waals surface area contributed by atoms with Crippen molar-refractivity contribution in [2.45, 2.75) is 38.8 Å². The maximum Gasteiger partial charge on any atom is 0.437 e. The monoisotopic (exact) mass is 416 g/mol. The molecule has 0 radical (unpaired) electrons. The van der Waals surface area contributed by atoms with E-state index in [9.17, 15) is 27.7 Å². The molecule has 0 saturated carbocycles. The number of nitro groups is 1. The van der Waals surface area contributed by atoms with Gasteiger partial charge in [-0.15, -0.1) is 4.99 Å². The number of benzene rings is 1. The lowest BCUT2D eigenvalue weighted by molar-refractivity contribution is -0.385. The van der Waals surface area contributed by atoms with Gasteiger partial charge in [0.2, 0.25) is 16.0 Å². The van der Waals surface area contributed by atoms with E-state index in [0.717, 1.165) is 22.5 Å². The number of sulfonamides is 1. The van der Waals surface area contributed by atoms with Gasteiger partial charge in [0.05, 0.1) is 16.2 Å². The first-order valence-corrected chi connectivity index (χ1v) is 9.76. The lowest BCUT2D eigenvalue weighted by Crippen LogP contribution is -2.61. The van der Waals surface area contributed by atoms with Gasteiger partial charge in [-0.2, -0.15) is 0 Å². The van der Waals surface area contributed by atoms with Crippen molar-refractivity contribution in [3.05, 3.63) is 39.7 Å². The van der Waals surface area contributed by atoms with Crippen molar-refractivity contribution in [3.8, 4) is 0 Å². The molecule has 12 heteroatoms. The van der Waals surface area contributed by atoms with E-state index in [-0.39, 0.29) is 11.5 Å². The summed E-state index contributed by atoms with van der Waals surface area (Å²) in [5.74, 6) is -1.83. The molecule has 0 unspecified atom stereocenters. The summed E-state index contributed by atoms with van der Waals surface area (Å²) < 4.78 is 45.4. The van der Waals surface area contributed by atoms with E-state index in [1.807, 2.05) is 0 Å². The van der Waals surface area contributed by atoms with E-state index in [1.54, 1.807) is 20.8 Å². The SMILES string of the molecule is CN1/C(=N/C(=O)OC(C)(C)C)N[C@](C)(c2cc([N+](=O)[O-])ccc2F)CS1(=O)=O. The zero-order valence-electron chi connectivity index (χ0n) is 16.0. The maximum absolute atomic E-state index is 14.4. The standard InChI is InChI=1S/C16H21FN4O6S/c1-15(2,3)27-14(22)18-13-19-16(4,9-28(25,26)20(13)5)11-8-10(21(23)24)6-7-12(11)17/h6-8H,9H2,1-5H3,(H,18,19,22)/t16-/m0/s1. The van der Waals surface area contributed by atoms with E-state index < -0.39 is 49.4 Å². The second-order valence-electron chi connectivity index (χ2n) is 7.52. The molecular weight excluding hydrogens is 395 g/mol. The van der Waals surface area contributed by atoms with Crippen LogP contribution in [-0.2, 0) is 20.3 Å². The Balaban J connectivity index is 2.53. The molecule has 1 aliphatic heterocycles. The number of halogens is 1. The fourth-order valence-corrected chi connectivity index (χ4v) is 4.12. The van der Waals surface area contributed by atoms with Gasteiger partial charge in [0, 0.05) is 24.7 Å². The van der Waals surface area contributed by atoms with E-state index in [2.05, 4.69) is 10.3 Å². The smallest absolute Gasteiger partial charge is 0.437 e. The first-order valence-electron chi connectivity index (χ1n) is 8.15. The van der Waals surface area contributed by atoms with Gasteiger partial charge in [0.1, 0.15) is 11.4 Å². The number of guanidine groups is 1. The zero-order valence-corrected chi connectivity index (χ0v) is 16.8. The molecule has 0 spiro atoms. The van der Waals surface area contributed by atoms with Crippen LogP contribution in [0.15, 0.2) is 23.2 Å². The minimum Gasteiger partial charge on any atom is -0.442 e. The van der Waals surface area contributed by atoms with E-state index >= 15 is 0 Å². The normalized spacial score (nSPS) is 23.2. The minimum atomic E-state index is -4.01. The summed E-state index contributed by atoms with van der Waals surface area (Å²) in [7, 11) is -2.83. The largest absolute Gasteiger partial charge is 0.442 e. The predicted octanol–water partition coefficient (Wildman–Crippen LogP) is 2.11. The number of hydrogen-bond donors (Lipinski definition) is 1. The van der Waals surface area contributed by atoms with Gasteiger partial charge in [-0.25, -0.2) is 21.9 Å². The third-order valence-electron chi connectivity index (χ3n) is 3.92. The summed E-state index contributed by atoms with van der Waals surface area (Å²) in [5.41, 5.74) is -3.11. The molecule has 28 heavy (non-hydrogen) atoms. The molecule has 0 aliphatic carbocycles. The number of rotatable bonds is 2. The summed E-state index contributed by atoms with van der Waals surface area (Å²) >= 11 is 0. The van der Waals surface area contributed by atoms with Crippen LogP contribution in [-0.4, -0.2) is 48.1 Å². The molecule has 1 amide bonds. The van der Waals surface area contributed by atoms with Crippen LogP contribution in [0.25, 0.3) is 0 Å². The third-order valence-corrected chi connectivity index (χ3v) is 5.87. The first-order chi connectivity index (χ1) is 12.6. The highest BCUT2D eigenvalue weighted by atomic mass is 32.2. The Kier molecular flexibility index (Phi) is 5.39. The number of non-ortho nitro benzene ring substituents is 1. The fourth-order valence-electron chi connectivity index (χ4n) is 2.62. The number of ether oxygens (including phenoxy) is 1. The van der Waals surface area contributed by atoms with Crippen LogP contribution >= 0.6 is 0 Å². The average molecular weight is 416 g/mol. The lowest BCUT2D eigenvalue weighted by Gasteiger charge is -2.40. The summed E-state index contributed by atoms with van der Waals surface area (Å²) in [6, 6.07) is 2.81. The number of aliphatic imine (C=N–C) groups is 1. The summed E-state index contributed by atoms with van der Waals surface area (Å²) in [6.45, 7) is 6.19. The number of nitrogens with one attached hydrogen (secondary N) is 1. The van der Waals surface area contributed by atoms with Crippen LogP contribution in [0.4, 0.5) is 14.9 Å². The molecular formula is C16H21FN4O6S. The Labute approximate surface area is 161 Å². The number of nitro benzene ring substituents is 1. The molecule has 2 rings (SSSR count). The van der Waals surface area contributed by atoms with Crippen molar-refractivity contribution in [3.63, 3.8) is 0 Å². The highest BCUT2D eigenvalue weighted by molar-refractivity contribution is 7.89. The summed E-state index contributed by atoms with van der Waals surface area (Å²) in [6.07, 6.45) is -1.04. The highest BCUT2D eigenvalue weighted by Crippen LogP contribution is 2.32. The summed E-state index contributed by atoms with van der Waals surface area (Å²) in [4.78, 5) is 26.0. The molecule has 1 fully saturated rings. The van der Waals surface area contributed by atoms with E-state index in [0.29, 0.717) is 0 Å². The number of carbonyl (C=O) groups excluding carboxylic acids is 1. The van der Waals surface area contributed by atoms with Gasteiger partial charge in [-0.05, 0) is 33.8 Å². The van der Waals surface area contributed by atoms with E-state index in [1.165, 1.54) is 14.0 Å². The number of amides is 1. The molecule has 1 heterocycles. The van der Waals surface area contributed by atoms with Crippen LogP contribution in [0, 0.1) is 15.9 Å². The second-order valence-corrected chi connectivity index (χ2v) is 9.52. The Morgan fingerprint density at radius 2 is 2.04 bits per heavy atom. The van der Waals surface area contributed by atoms with Crippen LogP contribution in [0.5, 0.6) is 0 Å². The minimum absolute atomic E-state index is 0.240. The third kappa shape index (κ3) is 4.55. The van der Waals surface area contributed by atoms with Gasteiger partial charge in [0.25, 0.3) is 5.69 Å². The number of hydrogen-bond acceptors (Lipinski definition) is 6. The summed E-state index contributed by atoms with van der Waals surface area (Å²) in [5, 5.41) is 13.7. The molecule has 1 N–H and O–H groups in total. The Hall–Kier alpha value is -2.76. The number of nitrogens with zero attached hydrogens (tertiary/aromatic N) is 3. The van der Waals surface area contributed by atoms with Crippen molar-refractivity contribution < 1.29 is 27.3 Å². The molecule has 10 nitrogen and oxygen atoms in total. The van der Waals surface area contributed by atoms with Crippen LogP contribution < -0.4 is 5.32 Å². The first kappa shape index (κ1) is 21.5. The quantitative estimate of drug-likeness (QED) is 0.577. The Morgan fingerprint density at radius 3 is 2.57 bits per heavy atom. The van der Waals surface area contributed by atoms with Crippen LogP contribution in [0.2, 0.25) is 0 Å². The number of carbonyl (C=O) groups is 1. The highest BCUT2D eigenvalue weighted by Gasteiger charge is 2.44. The molecule has 1 saturated heterocycles. The van der Waals surface area contributed by atoms with Crippen LogP contribution in [0.3, 0.4) is 0 Å². The lowest BCUT2D eigenvalue weighted by atomic mass is 9.93. The van der Waals surface area contributed by atoms with Gasteiger partial charge >= 0.3 is 6.09 Å². The predicted molar refractivity (Wildman–Crippen MR) is 98.8 cm³/mol.